The van der Waals surface area contributed by atoms with Crippen molar-refractivity contribution in [3.63, 3.8) is 0 Å². The maximum atomic E-state index is 14.6. The van der Waals surface area contributed by atoms with E-state index in [9.17, 15) is 30.8 Å². The van der Waals surface area contributed by atoms with Gasteiger partial charge in [0, 0.05) is 23.2 Å². The number of aromatic nitrogens is 3. The van der Waals surface area contributed by atoms with Crippen molar-refractivity contribution in [1.29, 1.82) is 0 Å². The van der Waals surface area contributed by atoms with Crippen LogP contribution in [0.5, 0.6) is 0 Å². The van der Waals surface area contributed by atoms with Gasteiger partial charge in [0.25, 0.3) is 5.56 Å². The van der Waals surface area contributed by atoms with Crippen LogP contribution in [0.1, 0.15) is 26.3 Å². The van der Waals surface area contributed by atoms with E-state index in [1.165, 1.54) is 22.9 Å². The molecule has 0 amide bonds. The molecule has 172 valence electrons. The third-order valence-electron chi connectivity index (χ3n) is 4.51. The van der Waals surface area contributed by atoms with Crippen LogP contribution in [-0.4, -0.2) is 34.9 Å². The van der Waals surface area contributed by atoms with Crippen molar-refractivity contribution in [1.82, 2.24) is 14.5 Å². The highest BCUT2D eigenvalue weighted by Gasteiger charge is 2.30. The van der Waals surface area contributed by atoms with Crippen LogP contribution in [0.4, 0.5) is 29.2 Å². The van der Waals surface area contributed by atoms with Gasteiger partial charge in [-0.2, -0.15) is 18.2 Å². The SMILES string of the molecule is CC(C)n1c(=O)c(-c2ccc(NS(=O)(=O)CCC(F)(F)F)c(F)c2)cc2cnc(N)nc21. The number of nitrogen functional groups attached to an aromatic ring is 1. The van der Waals surface area contributed by atoms with Crippen molar-refractivity contribution in [3.05, 3.63) is 46.6 Å². The zero-order chi connectivity index (χ0) is 23.8. The fourth-order valence-corrected chi connectivity index (χ4v) is 4.16. The topological polar surface area (TPSA) is 120 Å². The summed E-state index contributed by atoms with van der Waals surface area (Å²) in [5, 5.41) is 0.472. The maximum Gasteiger partial charge on any atom is 0.390 e. The molecule has 32 heavy (non-hydrogen) atoms. The summed E-state index contributed by atoms with van der Waals surface area (Å²) in [7, 11) is -4.43. The number of rotatable bonds is 6. The van der Waals surface area contributed by atoms with E-state index in [-0.39, 0.29) is 23.1 Å². The molecule has 0 bridgehead atoms. The molecule has 2 aromatic heterocycles. The van der Waals surface area contributed by atoms with Gasteiger partial charge < -0.3 is 5.73 Å². The molecule has 3 rings (SSSR count). The minimum absolute atomic E-state index is 0.0211. The first-order valence-corrected chi connectivity index (χ1v) is 11.0. The van der Waals surface area contributed by atoms with E-state index in [0.29, 0.717) is 11.0 Å². The van der Waals surface area contributed by atoms with Crippen LogP contribution in [0.2, 0.25) is 0 Å². The monoisotopic (exact) mass is 473 g/mol. The van der Waals surface area contributed by atoms with Crippen LogP contribution >= 0.6 is 0 Å². The molecule has 3 aromatic rings. The molecule has 8 nitrogen and oxygen atoms in total. The number of halogens is 4. The molecule has 2 heterocycles. The summed E-state index contributed by atoms with van der Waals surface area (Å²) in [6.45, 7) is 3.50. The normalized spacial score (nSPS) is 12.5. The van der Waals surface area contributed by atoms with Gasteiger partial charge in [-0.25, -0.2) is 17.8 Å². The van der Waals surface area contributed by atoms with Gasteiger partial charge in [0.2, 0.25) is 16.0 Å². The predicted molar refractivity (Wildman–Crippen MR) is 112 cm³/mol. The fraction of sp³-hybridized carbons (Fsp3) is 0.316. The summed E-state index contributed by atoms with van der Waals surface area (Å²) in [5.74, 6) is -2.32. The highest BCUT2D eigenvalue weighted by Crippen LogP contribution is 2.27. The number of benzene rings is 1. The van der Waals surface area contributed by atoms with E-state index in [2.05, 4.69) is 9.97 Å². The number of sulfonamides is 1. The zero-order valence-corrected chi connectivity index (χ0v) is 17.8. The fourth-order valence-electron chi connectivity index (χ4n) is 3.05. The first kappa shape index (κ1) is 23.4. The third kappa shape index (κ3) is 5.15. The number of hydrogen-bond donors (Lipinski definition) is 2. The zero-order valence-electron chi connectivity index (χ0n) is 16.9. The Kier molecular flexibility index (Phi) is 6.13. The molecule has 0 aliphatic carbocycles. The van der Waals surface area contributed by atoms with E-state index >= 15 is 0 Å². The number of pyridine rings is 1. The smallest absolute Gasteiger partial charge is 0.368 e. The molecule has 0 aliphatic rings. The van der Waals surface area contributed by atoms with E-state index < -0.39 is 45.4 Å². The molecule has 0 atom stereocenters. The largest absolute Gasteiger partial charge is 0.390 e. The lowest BCUT2D eigenvalue weighted by Gasteiger charge is -2.16. The number of hydrogen-bond acceptors (Lipinski definition) is 6. The summed E-state index contributed by atoms with van der Waals surface area (Å²) >= 11 is 0. The third-order valence-corrected chi connectivity index (χ3v) is 5.78. The molecule has 0 unspecified atom stereocenters. The summed E-state index contributed by atoms with van der Waals surface area (Å²) in [4.78, 5) is 21.1. The average molecular weight is 473 g/mol. The predicted octanol–water partition coefficient (Wildman–Crippen LogP) is 3.45. The van der Waals surface area contributed by atoms with Gasteiger partial charge in [-0.05, 0) is 37.6 Å². The molecule has 13 heteroatoms. The molecule has 0 saturated heterocycles. The number of alkyl halides is 3. The number of fused-ring (bicyclic) bond motifs is 1. The molecule has 0 radical (unpaired) electrons. The highest BCUT2D eigenvalue weighted by molar-refractivity contribution is 7.92. The molecule has 3 N–H and O–H groups in total. The minimum atomic E-state index is -4.67. The minimum Gasteiger partial charge on any atom is -0.368 e. The summed E-state index contributed by atoms with van der Waals surface area (Å²) in [6.07, 6.45) is -4.82. The summed E-state index contributed by atoms with van der Waals surface area (Å²) in [5.41, 5.74) is 5.15. The van der Waals surface area contributed by atoms with Crippen LogP contribution in [0.3, 0.4) is 0 Å². The quantitative estimate of drug-likeness (QED) is 0.529. The Hall–Kier alpha value is -3.22. The van der Waals surface area contributed by atoms with E-state index in [1.807, 2.05) is 0 Å². The molecule has 0 saturated carbocycles. The molecule has 0 fully saturated rings. The van der Waals surface area contributed by atoms with Crippen LogP contribution in [0.15, 0.2) is 35.3 Å². The molecule has 1 aromatic carbocycles. The highest BCUT2D eigenvalue weighted by atomic mass is 32.2. The van der Waals surface area contributed by atoms with Gasteiger partial charge in [0.1, 0.15) is 11.5 Å². The Morgan fingerprint density at radius 2 is 1.91 bits per heavy atom. The van der Waals surface area contributed by atoms with Crippen molar-refractivity contribution in [3.8, 4) is 11.1 Å². The Labute approximate surface area is 180 Å². The summed E-state index contributed by atoms with van der Waals surface area (Å²) in [6, 6.07) is 4.39. The van der Waals surface area contributed by atoms with Crippen molar-refractivity contribution < 1.29 is 26.0 Å². The number of nitrogens with two attached hydrogens (primary N) is 1. The van der Waals surface area contributed by atoms with Crippen molar-refractivity contribution in [2.75, 3.05) is 16.2 Å². The number of nitrogens with zero attached hydrogens (tertiary/aromatic N) is 3. The van der Waals surface area contributed by atoms with Crippen molar-refractivity contribution in [2.24, 2.45) is 0 Å². The van der Waals surface area contributed by atoms with Gasteiger partial charge in [-0.3, -0.25) is 14.1 Å². The van der Waals surface area contributed by atoms with E-state index in [1.54, 1.807) is 18.6 Å². The molecular weight excluding hydrogens is 454 g/mol. The van der Waals surface area contributed by atoms with E-state index in [0.717, 1.165) is 12.1 Å². The van der Waals surface area contributed by atoms with Crippen molar-refractivity contribution >= 4 is 32.7 Å². The van der Waals surface area contributed by atoms with Gasteiger partial charge >= 0.3 is 6.18 Å². The first-order chi connectivity index (χ1) is 14.8. The van der Waals surface area contributed by atoms with E-state index in [4.69, 9.17) is 5.73 Å². The van der Waals surface area contributed by atoms with Gasteiger partial charge in [-0.1, -0.05) is 6.07 Å². The number of nitrogens with one attached hydrogen (secondary N) is 1. The standard InChI is InChI=1S/C19H19F4N5O3S/c1-10(2)28-16-12(9-25-18(24)26-16)7-13(17(28)29)11-3-4-15(14(20)8-11)27-32(30,31)6-5-19(21,22)23/h3-4,7-10,27H,5-6H2,1-2H3,(H2,24,25,26). The molecule has 0 spiro atoms. The first-order valence-electron chi connectivity index (χ1n) is 9.32. The second-order valence-electron chi connectivity index (χ2n) is 7.31. The molecule has 0 aliphatic heterocycles. The summed E-state index contributed by atoms with van der Waals surface area (Å²) < 4.78 is 78.3. The second kappa shape index (κ2) is 8.37. The van der Waals surface area contributed by atoms with Crippen LogP contribution in [-0.2, 0) is 10.0 Å². The Morgan fingerprint density at radius 1 is 1.22 bits per heavy atom. The van der Waals surface area contributed by atoms with Crippen LogP contribution in [0, 0.1) is 5.82 Å². The van der Waals surface area contributed by atoms with Crippen LogP contribution < -0.4 is 16.0 Å². The number of anilines is 2. The van der Waals surface area contributed by atoms with Gasteiger partial charge in [0.05, 0.1) is 17.9 Å². The average Bonchev–Trinajstić information content (AvgIpc) is 2.67. The lowest BCUT2D eigenvalue weighted by molar-refractivity contribution is -0.129. The van der Waals surface area contributed by atoms with Gasteiger partial charge in [-0.15, -0.1) is 0 Å². The Bertz CT molecular complexity index is 1340. The van der Waals surface area contributed by atoms with Crippen LogP contribution in [0.25, 0.3) is 22.2 Å². The van der Waals surface area contributed by atoms with Crippen molar-refractivity contribution in [2.45, 2.75) is 32.5 Å². The lowest BCUT2D eigenvalue weighted by Crippen LogP contribution is -2.25. The Morgan fingerprint density at radius 3 is 2.50 bits per heavy atom. The lowest BCUT2D eigenvalue weighted by atomic mass is 10.0. The maximum absolute atomic E-state index is 14.6. The molecular formula is C19H19F4N5O3S. The Balaban J connectivity index is 2.02. The van der Waals surface area contributed by atoms with Gasteiger partial charge in [0.15, 0.2) is 0 Å². The second-order valence-corrected chi connectivity index (χ2v) is 9.16.